The van der Waals surface area contributed by atoms with Crippen LogP contribution in [0, 0.1) is 0 Å². The fraction of sp³-hybridized carbons (Fsp3) is 0.350. The van der Waals surface area contributed by atoms with E-state index in [1.165, 1.54) is 0 Å². The van der Waals surface area contributed by atoms with E-state index in [1.54, 1.807) is 6.07 Å². The Bertz CT molecular complexity index is 840. The molecule has 4 rings (SSSR count). The molecule has 0 unspecified atom stereocenters. The molecule has 0 spiro atoms. The summed E-state index contributed by atoms with van der Waals surface area (Å²) in [6, 6.07) is 11.4. The zero-order chi connectivity index (χ0) is 18.6. The predicted octanol–water partition coefficient (Wildman–Crippen LogP) is 1.79. The van der Waals surface area contributed by atoms with Gasteiger partial charge in [-0.3, -0.25) is 19.5 Å². The van der Waals surface area contributed by atoms with E-state index in [2.05, 4.69) is 20.5 Å². The second-order valence-corrected chi connectivity index (χ2v) is 6.91. The summed E-state index contributed by atoms with van der Waals surface area (Å²) in [5, 5.41) is 5.86. The van der Waals surface area contributed by atoms with Crippen LogP contribution >= 0.6 is 0 Å². The number of amides is 2. The van der Waals surface area contributed by atoms with E-state index in [9.17, 15) is 9.59 Å². The number of carbonyl (C=O) groups excluding carboxylic acids is 2. The molecule has 0 aliphatic carbocycles. The first kappa shape index (κ1) is 17.5. The second-order valence-electron chi connectivity index (χ2n) is 6.91. The SMILES string of the molecule is O=C1CNc2ccc(C(=O)N3CCCN(Cc4ccccn4)CC3)cc2N1. The van der Waals surface area contributed by atoms with Crippen LogP contribution in [0.1, 0.15) is 22.5 Å². The van der Waals surface area contributed by atoms with E-state index < -0.39 is 0 Å². The molecule has 0 bridgehead atoms. The highest BCUT2D eigenvalue weighted by Crippen LogP contribution is 2.26. The zero-order valence-corrected chi connectivity index (χ0v) is 15.1. The fourth-order valence-corrected chi connectivity index (χ4v) is 3.54. The highest BCUT2D eigenvalue weighted by molar-refractivity contribution is 6.03. The second kappa shape index (κ2) is 7.75. The maximum Gasteiger partial charge on any atom is 0.253 e. The molecule has 2 amide bonds. The number of hydrogen-bond acceptors (Lipinski definition) is 5. The van der Waals surface area contributed by atoms with Gasteiger partial charge in [0.1, 0.15) is 0 Å². The van der Waals surface area contributed by atoms with Crippen molar-refractivity contribution in [2.45, 2.75) is 13.0 Å². The Morgan fingerprint density at radius 3 is 2.85 bits per heavy atom. The lowest BCUT2D eigenvalue weighted by Crippen LogP contribution is -2.35. The molecule has 0 atom stereocenters. The molecule has 0 saturated carbocycles. The van der Waals surface area contributed by atoms with Crippen molar-refractivity contribution in [2.75, 3.05) is 43.4 Å². The van der Waals surface area contributed by atoms with Gasteiger partial charge in [-0.2, -0.15) is 0 Å². The van der Waals surface area contributed by atoms with Crippen LogP contribution in [-0.4, -0.2) is 59.3 Å². The van der Waals surface area contributed by atoms with Gasteiger partial charge in [-0.1, -0.05) is 6.07 Å². The quantitative estimate of drug-likeness (QED) is 0.867. The number of benzene rings is 1. The minimum absolute atomic E-state index is 0.0114. The van der Waals surface area contributed by atoms with Gasteiger partial charge in [-0.05, 0) is 36.8 Å². The molecule has 2 aliphatic heterocycles. The van der Waals surface area contributed by atoms with Crippen molar-refractivity contribution in [2.24, 2.45) is 0 Å². The number of carbonyl (C=O) groups is 2. The van der Waals surface area contributed by atoms with Crippen LogP contribution in [-0.2, 0) is 11.3 Å². The van der Waals surface area contributed by atoms with Gasteiger partial charge < -0.3 is 15.5 Å². The Labute approximate surface area is 158 Å². The molecule has 1 aromatic heterocycles. The topological polar surface area (TPSA) is 77.6 Å². The van der Waals surface area contributed by atoms with Crippen molar-refractivity contribution in [1.29, 1.82) is 0 Å². The monoisotopic (exact) mass is 365 g/mol. The van der Waals surface area contributed by atoms with Crippen LogP contribution in [0.4, 0.5) is 11.4 Å². The van der Waals surface area contributed by atoms with Crippen LogP contribution in [0.2, 0.25) is 0 Å². The summed E-state index contributed by atoms with van der Waals surface area (Å²) in [4.78, 5) is 33.1. The van der Waals surface area contributed by atoms with Crippen molar-refractivity contribution in [3.05, 3.63) is 53.9 Å². The van der Waals surface area contributed by atoms with E-state index in [0.717, 1.165) is 44.0 Å². The first-order valence-electron chi connectivity index (χ1n) is 9.28. The molecular formula is C20H23N5O2. The Kier molecular flexibility index (Phi) is 5.02. The van der Waals surface area contributed by atoms with Gasteiger partial charge in [0.05, 0.1) is 23.6 Å². The number of nitrogens with one attached hydrogen (secondary N) is 2. The Balaban J connectivity index is 1.41. The maximum absolute atomic E-state index is 12.9. The van der Waals surface area contributed by atoms with Gasteiger partial charge >= 0.3 is 0 Å². The molecule has 2 aliphatic rings. The van der Waals surface area contributed by atoms with Gasteiger partial charge in [0.25, 0.3) is 5.91 Å². The number of pyridine rings is 1. The average Bonchev–Trinajstić information content (AvgIpc) is 2.93. The molecule has 2 aromatic rings. The molecule has 1 aromatic carbocycles. The smallest absolute Gasteiger partial charge is 0.253 e. The number of nitrogens with zero attached hydrogens (tertiary/aromatic N) is 3. The summed E-state index contributed by atoms with van der Waals surface area (Å²) in [6.07, 6.45) is 2.74. The molecule has 7 nitrogen and oxygen atoms in total. The number of aromatic nitrogens is 1. The Morgan fingerprint density at radius 2 is 2.00 bits per heavy atom. The highest BCUT2D eigenvalue weighted by Gasteiger charge is 2.22. The van der Waals surface area contributed by atoms with Gasteiger partial charge in [-0.15, -0.1) is 0 Å². The summed E-state index contributed by atoms with van der Waals surface area (Å²) in [7, 11) is 0. The normalized spacial score (nSPS) is 17.5. The summed E-state index contributed by atoms with van der Waals surface area (Å²) in [5.74, 6) is -0.0793. The Morgan fingerprint density at radius 1 is 1.07 bits per heavy atom. The number of hydrogen-bond donors (Lipinski definition) is 2. The maximum atomic E-state index is 12.9. The third-order valence-corrected chi connectivity index (χ3v) is 4.97. The molecule has 27 heavy (non-hydrogen) atoms. The summed E-state index contributed by atoms with van der Waals surface area (Å²) in [5.41, 5.74) is 3.18. The summed E-state index contributed by atoms with van der Waals surface area (Å²) < 4.78 is 0. The van der Waals surface area contributed by atoms with Gasteiger partial charge in [0.15, 0.2) is 0 Å². The third kappa shape index (κ3) is 4.09. The van der Waals surface area contributed by atoms with Crippen molar-refractivity contribution in [3.63, 3.8) is 0 Å². The summed E-state index contributed by atoms with van der Waals surface area (Å²) in [6.45, 7) is 4.26. The van der Waals surface area contributed by atoms with E-state index >= 15 is 0 Å². The van der Waals surface area contributed by atoms with Crippen LogP contribution in [0.3, 0.4) is 0 Å². The molecule has 2 N–H and O–H groups in total. The number of fused-ring (bicyclic) bond motifs is 1. The molecular weight excluding hydrogens is 342 g/mol. The van der Waals surface area contributed by atoms with Crippen LogP contribution in [0.15, 0.2) is 42.6 Å². The average molecular weight is 365 g/mol. The predicted molar refractivity (Wildman–Crippen MR) is 104 cm³/mol. The molecule has 0 radical (unpaired) electrons. The molecule has 1 fully saturated rings. The minimum atomic E-state index is -0.0907. The number of anilines is 2. The lowest BCUT2D eigenvalue weighted by molar-refractivity contribution is -0.114. The summed E-state index contributed by atoms with van der Waals surface area (Å²) >= 11 is 0. The first-order valence-corrected chi connectivity index (χ1v) is 9.28. The fourth-order valence-electron chi connectivity index (χ4n) is 3.54. The molecule has 3 heterocycles. The van der Waals surface area contributed by atoms with Crippen molar-refractivity contribution >= 4 is 23.2 Å². The van der Waals surface area contributed by atoms with E-state index in [0.29, 0.717) is 17.8 Å². The van der Waals surface area contributed by atoms with Crippen LogP contribution in [0.5, 0.6) is 0 Å². The zero-order valence-electron chi connectivity index (χ0n) is 15.1. The van der Waals surface area contributed by atoms with E-state index in [1.807, 2.05) is 41.4 Å². The van der Waals surface area contributed by atoms with Crippen molar-refractivity contribution in [3.8, 4) is 0 Å². The molecule has 7 heteroatoms. The lowest BCUT2D eigenvalue weighted by atomic mass is 10.1. The van der Waals surface area contributed by atoms with Gasteiger partial charge in [0, 0.05) is 44.5 Å². The Hall–Kier alpha value is -2.93. The van der Waals surface area contributed by atoms with Crippen LogP contribution < -0.4 is 10.6 Å². The molecule has 1 saturated heterocycles. The van der Waals surface area contributed by atoms with E-state index in [-0.39, 0.29) is 18.4 Å². The van der Waals surface area contributed by atoms with Gasteiger partial charge in [-0.25, -0.2) is 0 Å². The highest BCUT2D eigenvalue weighted by atomic mass is 16.2. The number of rotatable bonds is 3. The standard InChI is InChI=1S/C20H23N5O2/c26-19-13-22-17-6-5-15(12-18(17)23-19)20(27)25-9-3-8-24(10-11-25)14-16-4-1-2-7-21-16/h1-2,4-7,12,22H,3,8-11,13-14H2,(H,23,26). The van der Waals surface area contributed by atoms with Crippen molar-refractivity contribution in [1.82, 2.24) is 14.8 Å². The molecule has 140 valence electrons. The van der Waals surface area contributed by atoms with Crippen LogP contribution in [0.25, 0.3) is 0 Å². The van der Waals surface area contributed by atoms with Gasteiger partial charge in [0.2, 0.25) is 5.91 Å². The third-order valence-electron chi connectivity index (χ3n) is 4.97. The minimum Gasteiger partial charge on any atom is -0.374 e. The largest absolute Gasteiger partial charge is 0.374 e. The van der Waals surface area contributed by atoms with Crippen molar-refractivity contribution < 1.29 is 9.59 Å². The van der Waals surface area contributed by atoms with E-state index in [4.69, 9.17) is 0 Å². The first-order chi connectivity index (χ1) is 13.2. The lowest BCUT2D eigenvalue weighted by Gasteiger charge is -2.23.